The van der Waals surface area contributed by atoms with Crippen LogP contribution in [0.25, 0.3) is 0 Å². The van der Waals surface area contributed by atoms with Crippen LogP contribution in [0.15, 0.2) is 0 Å². The van der Waals surface area contributed by atoms with Gasteiger partial charge in [0.15, 0.2) is 18.4 Å². The summed E-state index contributed by atoms with van der Waals surface area (Å²) in [5.74, 6) is 0. The highest BCUT2D eigenvalue weighted by Gasteiger charge is 2.62. The lowest BCUT2D eigenvalue weighted by atomic mass is 9.80. The summed E-state index contributed by atoms with van der Waals surface area (Å²) in [5, 5.41) is 81.0. The van der Waals surface area contributed by atoms with Gasteiger partial charge in [0.05, 0.1) is 140 Å². The summed E-state index contributed by atoms with van der Waals surface area (Å²) in [6.07, 6.45) is -16.5. The van der Waals surface area contributed by atoms with Crippen LogP contribution in [0.4, 0.5) is 0 Å². The van der Waals surface area contributed by atoms with Crippen molar-refractivity contribution < 1.29 is 91.1 Å². The number of rotatable bonds is 15. The Hall–Kier alpha value is -0.760. The Balaban J connectivity index is 1.75. The number of ether oxygens (including phenoxy) is 6. The monoisotopic (exact) mass is 873 g/mol. The van der Waals surface area contributed by atoms with Crippen LogP contribution in [0.1, 0.15) is 6.42 Å². The topological polar surface area (TPSA) is 197 Å². The van der Waals surface area contributed by atoms with Crippen LogP contribution < -0.4 is 0 Å². The average molecular weight is 873 g/mol. The van der Waals surface area contributed by atoms with Gasteiger partial charge >= 0.3 is 0 Å². The normalized spacial score (nSPS) is 43.0. The minimum Gasteiger partial charge on any atom is -0.394 e. The summed E-state index contributed by atoms with van der Waals surface area (Å²) in [5.41, 5.74) is 0. The van der Waals surface area contributed by atoms with E-state index in [1.165, 1.54) is 0 Å². The van der Waals surface area contributed by atoms with E-state index in [-0.39, 0.29) is 21.0 Å². The van der Waals surface area contributed by atoms with Gasteiger partial charge < -0.3 is 91.1 Å². The first-order valence-electron chi connectivity index (χ1n) is 21.5. The van der Waals surface area contributed by atoms with E-state index < -0.39 is 111 Å². The van der Waals surface area contributed by atoms with Crippen LogP contribution in [0.5, 0.6) is 0 Å². The summed E-state index contributed by atoms with van der Waals surface area (Å²) in [4.78, 5) is 0. The standard InChI is InChI=1S/C41H88N6O13/c1-42(2,3)20-25-31(50)33(52)28(46(13,14)15)39(55-25)58-36-24(45(10,11)12)19-23(44(7,8)9)30(49)38(36)60-41-35(54)37(27(22-48)57-41)59-40-29(47(16,17)18)34(53)32(51)26(56-40)21-43(4,5)6/h23-41,48-54H,19-22H2,1-18H3/q+6/t23-,24+,25-,26+,27-,28-,29-,30+,31-,32-,33-,34-,35-,36-,37-,38-,39-,40-,41+/m1/s1. The van der Waals surface area contributed by atoms with Crippen molar-refractivity contribution in [2.24, 2.45) is 0 Å². The van der Waals surface area contributed by atoms with Crippen molar-refractivity contribution in [1.29, 1.82) is 0 Å². The fraction of sp³-hybridized carbons (Fsp3) is 1.00. The Morgan fingerprint density at radius 3 is 1.12 bits per heavy atom. The molecule has 4 fully saturated rings. The molecular formula is C41H88N6O13+6. The van der Waals surface area contributed by atoms with Gasteiger partial charge in [-0.25, -0.2) is 0 Å². The molecule has 0 radical (unpaired) electrons. The van der Waals surface area contributed by atoms with E-state index in [1.807, 2.05) is 127 Å². The third-order valence-electron chi connectivity index (χ3n) is 12.8. The molecule has 19 atom stereocenters. The van der Waals surface area contributed by atoms with Crippen molar-refractivity contribution >= 4 is 0 Å². The van der Waals surface area contributed by atoms with Gasteiger partial charge in [0.25, 0.3) is 0 Å². The van der Waals surface area contributed by atoms with E-state index >= 15 is 0 Å². The lowest BCUT2D eigenvalue weighted by Gasteiger charge is -2.54. The Labute approximate surface area is 359 Å². The van der Waals surface area contributed by atoms with E-state index in [9.17, 15) is 35.7 Å². The summed E-state index contributed by atoms with van der Waals surface area (Å²) >= 11 is 0. The molecule has 3 heterocycles. The van der Waals surface area contributed by atoms with Crippen molar-refractivity contribution in [3.8, 4) is 0 Å². The molecule has 0 aromatic rings. The molecule has 0 aromatic heterocycles. The molecule has 0 amide bonds. The van der Waals surface area contributed by atoms with Crippen LogP contribution in [0, 0.1) is 0 Å². The molecule has 0 bridgehead atoms. The third kappa shape index (κ3) is 11.9. The molecule has 1 saturated carbocycles. The molecular weight excluding hydrogens is 784 g/mol. The second kappa shape index (κ2) is 18.3. The fourth-order valence-corrected chi connectivity index (χ4v) is 9.69. The predicted octanol–water partition coefficient (Wildman–Crippen LogP) is -4.41. The molecule has 4 rings (SSSR count). The number of nitrogens with zero attached hydrogens (tertiary/aromatic N) is 6. The summed E-state index contributed by atoms with van der Waals surface area (Å²) in [6, 6.07) is -2.20. The SMILES string of the molecule is C[N+](C)(C)C[C@@H]1O[C@H](O[C@H]2[C@@H](O)[C@H](O[C@@H]3[C@@H](O)[C@H]([N+](C)(C)C)C[C@H]([N+](C)(C)C)[C@H]3O[C@H]3O[C@H](C[N+](C)(C)C)[C@@H](O)[C@H](O)[C@H]3[N+](C)(C)C)O[C@@H]2CO)[C@H]([N+](C)(C)C)[C@@H](O)[C@@H]1O. The first-order chi connectivity index (χ1) is 27.0. The van der Waals surface area contributed by atoms with E-state index in [4.69, 9.17) is 28.4 Å². The number of hydrogen-bond acceptors (Lipinski definition) is 13. The maximum Gasteiger partial charge on any atom is 0.214 e. The van der Waals surface area contributed by atoms with Crippen molar-refractivity contribution in [1.82, 2.24) is 0 Å². The molecule has 19 heteroatoms. The second-order valence-electron chi connectivity index (χ2n) is 23.8. The van der Waals surface area contributed by atoms with Gasteiger partial charge in [0.2, 0.25) is 12.6 Å². The highest BCUT2D eigenvalue weighted by molar-refractivity contribution is 5.01. The fourth-order valence-electron chi connectivity index (χ4n) is 9.69. The van der Waals surface area contributed by atoms with E-state index in [2.05, 4.69) is 0 Å². The van der Waals surface area contributed by atoms with Crippen LogP contribution in [-0.2, 0) is 28.4 Å². The van der Waals surface area contributed by atoms with Gasteiger partial charge in [-0.15, -0.1) is 0 Å². The maximum atomic E-state index is 12.4. The van der Waals surface area contributed by atoms with Crippen molar-refractivity contribution in [3.05, 3.63) is 0 Å². The molecule has 60 heavy (non-hydrogen) atoms. The van der Waals surface area contributed by atoms with Crippen LogP contribution >= 0.6 is 0 Å². The number of likely N-dealkylation sites (N-methyl/N-ethyl adjacent to an activating group) is 6. The summed E-state index contributed by atoms with van der Waals surface area (Å²) in [6.45, 7) is 0.186. The van der Waals surface area contributed by atoms with Gasteiger partial charge in [0.1, 0.15) is 98.4 Å². The van der Waals surface area contributed by atoms with E-state index in [1.54, 1.807) is 0 Å². The largest absolute Gasteiger partial charge is 0.394 e. The number of quaternary nitrogens is 6. The Morgan fingerprint density at radius 1 is 0.400 bits per heavy atom. The van der Waals surface area contributed by atoms with Crippen LogP contribution in [0.2, 0.25) is 0 Å². The van der Waals surface area contributed by atoms with Gasteiger partial charge in [0, 0.05) is 0 Å². The molecule has 0 unspecified atom stereocenters. The molecule has 0 aromatic carbocycles. The zero-order valence-electron chi connectivity index (χ0n) is 40.1. The van der Waals surface area contributed by atoms with Gasteiger partial charge in [-0.3, -0.25) is 0 Å². The van der Waals surface area contributed by atoms with Crippen molar-refractivity contribution in [2.45, 2.75) is 123 Å². The molecule has 1 aliphatic carbocycles. The van der Waals surface area contributed by atoms with E-state index in [0.29, 0.717) is 37.4 Å². The molecule has 4 aliphatic rings. The second-order valence-corrected chi connectivity index (χ2v) is 23.8. The van der Waals surface area contributed by atoms with Gasteiger partial charge in [-0.05, 0) is 0 Å². The van der Waals surface area contributed by atoms with E-state index in [0.717, 1.165) is 0 Å². The predicted molar refractivity (Wildman–Crippen MR) is 221 cm³/mol. The number of aliphatic hydroxyl groups is 7. The van der Waals surface area contributed by atoms with Crippen LogP contribution in [-0.4, -0.2) is 325 Å². The van der Waals surface area contributed by atoms with Gasteiger partial charge in [-0.1, -0.05) is 0 Å². The van der Waals surface area contributed by atoms with Gasteiger partial charge in [-0.2, -0.15) is 0 Å². The molecule has 354 valence electrons. The Bertz CT molecular complexity index is 1390. The van der Waals surface area contributed by atoms with Crippen molar-refractivity contribution in [3.63, 3.8) is 0 Å². The zero-order chi connectivity index (χ0) is 46.0. The minimum atomic E-state index is -1.50. The Kier molecular flexibility index (Phi) is 15.8. The van der Waals surface area contributed by atoms with Crippen LogP contribution in [0.3, 0.4) is 0 Å². The average Bonchev–Trinajstić information content (AvgIpc) is 3.33. The molecule has 0 spiro atoms. The summed E-state index contributed by atoms with van der Waals surface area (Å²) in [7, 11) is 35.1. The molecule has 3 aliphatic heterocycles. The lowest BCUT2D eigenvalue weighted by molar-refractivity contribution is -0.930. The lowest BCUT2D eigenvalue weighted by Crippen LogP contribution is -2.74. The first-order valence-corrected chi connectivity index (χ1v) is 21.5. The molecule has 7 N–H and O–H groups in total. The number of aliphatic hydroxyl groups excluding tert-OH is 7. The summed E-state index contributed by atoms with van der Waals surface area (Å²) < 4.78 is 41.7. The first kappa shape index (κ1) is 51.9. The van der Waals surface area contributed by atoms with Crippen molar-refractivity contribution in [2.75, 3.05) is 147 Å². The minimum absolute atomic E-state index is 0.151. The highest BCUT2D eigenvalue weighted by atomic mass is 16.8. The zero-order valence-corrected chi connectivity index (χ0v) is 40.1. The highest BCUT2D eigenvalue weighted by Crippen LogP contribution is 2.40. The number of hydrogen-bond donors (Lipinski definition) is 7. The Morgan fingerprint density at radius 2 is 0.767 bits per heavy atom. The third-order valence-corrected chi connectivity index (χ3v) is 12.8. The smallest absolute Gasteiger partial charge is 0.214 e. The molecule has 3 saturated heterocycles. The maximum absolute atomic E-state index is 12.4. The molecule has 19 nitrogen and oxygen atoms in total. The quantitative estimate of drug-likeness (QED) is 0.0781.